The molecule has 0 fully saturated rings. The molecule has 3 atom stereocenters. The molecule has 2 aromatic carbocycles. The lowest BCUT2D eigenvalue weighted by atomic mass is 9.77. The molecule has 3 N–H and O–H groups in total. The number of anilines is 2. The topological polar surface area (TPSA) is 70.6 Å². The molecule has 0 spiro atoms. The third-order valence-electron chi connectivity index (χ3n) is 5.80. The molecule has 4 rings (SSSR count). The highest BCUT2D eigenvalue weighted by Crippen LogP contribution is 2.50. The van der Waals surface area contributed by atoms with Gasteiger partial charge in [0, 0.05) is 23.7 Å². The average molecular weight is 392 g/mol. The summed E-state index contributed by atoms with van der Waals surface area (Å²) >= 11 is 0. The number of benzene rings is 2. The first kappa shape index (κ1) is 19.4. The Morgan fingerprint density at radius 3 is 2.86 bits per heavy atom. The van der Waals surface area contributed by atoms with Crippen LogP contribution in [0.15, 0.2) is 48.6 Å². The fraction of sp³-hybridized carbons (Fsp3) is 0.375. The minimum atomic E-state index is 0.0521. The molecule has 0 saturated carbocycles. The van der Waals surface area contributed by atoms with E-state index >= 15 is 0 Å². The van der Waals surface area contributed by atoms with Crippen molar-refractivity contribution in [2.75, 3.05) is 17.7 Å². The zero-order chi connectivity index (χ0) is 20.5. The number of fused-ring (bicyclic) bond motifs is 3. The van der Waals surface area contributed by atoms with E-state index in [1.54, 1.807) is 13.2 Å². The van der Waals surface area contributed by atoms with E-state index in [4.69, 9.17) is 4.74 Å². The Kier molecular flexibility index (Phi) is 5.22. The molecule has 152 valence electrons. The molecular formula is C24H28N2O3. The Balaban J connectivity index is 1.63. The lowest BCUT2D eigenvalue weighted by Crippen LogP contribution is -2.29. The smallest absolute Gasteiger partial charge is 0.224 e. The molecule has 0 saturated heterocycles. The Bertz CT molecular complexity index is 951. The van der Waals surface area contributed by atoms with Gasteiger partial charge in [0.15, 0.2) is 11.5 Å². The van der Waals surface area contributed by atoms with Crippen molar-refractivity contribution in [3.05, 3.63) is 59.7 Å². The van der Waals surface area contributed by atoms with Crippen molar-refractivity contribution in [1.29, 1.82) is 0 Å². The van der Waals surface area contributed by atoms with E-state index in [1.807, 2.05) is 38.1 Å². The Morgan fingerprint density at radius 1 is 1.28 bits per heavy atom. The molecule has 1 aliphatic heterocycles. The van der Waals surface area contributed by atoms with Gasteiger partial charge in [-0.2, -0.15) is 0 Å². The third-order valence-corrected chi connectivity index (χ3v) is 5.80. The second-order valence-electron chi connectivity index (χ2n) is 8.35. The first-order chi connectivity index (χ1) is 14.0. The molecule has 1 amide bonds. The zero-order valence-corrected chi connectivity index (χ0v) is 17.1. The summed E-state index contributed by atoms with van der Waals surface area (Å²) in [5.74, 6) is 1.68. The van der Waals surface area contributed by atoms with Gasteiger partial charge in [0.2, 0.25) is 5.91 Å². The van der Waals surface area contributed by atoms with Crippen LogP contribution in [-0.4, -0.2) is 18.1 Å². The number of amides is 1. The molecule has 2 aliphatic rings. The number of phenols is 1. The van der Waals surface area contributed by atoms with Crippen LogP contribution in [0.4, 0.5) is 11.4 Å². The SMILES string of the molecule is COc1cc(C2Nc3ccc(NC(=O)CC(C)C)cc3C3C=CCC32)ccc1O. The van der Waals surface area contributed by atoms with Gasteiger partial charge in [0.1, 0.15) is 0 Å². The van der Waals surface area contributed by atoms with Crippen molar-refractivity contribution in [2.45, 2.75) is 38.6 Å². The summed E-state index contributed by atoms with van der Waals surface area (Å²) in [7, 11) is 1.57. The van der Waals surface area contributed by atoms with Gasteiger partial charge in [-0.25, -0.2) is 0 Å². The summed E-state index contributed by atoms with van der Waals surface area (Å²) in [6, 6.07) is 11.8. The Morgan fingerprint density at radius 2 is 2.10 bits per heavy atom. The highest BCUT2D eigenvalue weighted by molar-refractivity contribution is 5.91. The fourth-order valence-electron chi connectivity index (χ4n) is 4.47. The largest absolute Gasteiger partial charge is 0.504 e. The zero-order valence-electron chi connectivity index (χ0n) is 17.1. The molecule has 0 bridgehead atoms. The molecule has 0 aromatic heterocycles. The van der Waals surface area contributed by atoms with Crippen molar-refractivity contribution in [1.82, 2.24) is 0 Å². The molecule has 29 heavy (non-hydrogen) atoms. The van der Waals surface area contributed by atoms with Crippen LogP contribution in [0.3, 0.4) is 0 Å². The van der Waals surface area contributed by atoms with Crippen LogP contribution < -0.4 is 15.4 Å². The minimum absolute atomic E-state index is 0.0521. The monoisotopic (exact) mass is 392 g/mol. The summed E-state index contributed by atoms with van der Waals surface area (Å²) in [5.41, 5.74) is 4.24. The lowest BCUT2D eigenvalue weighted by molar-refractivity contribution is -0.116. The number of hydrogen-bond donors (Lipinski definition) is 3. The highest BCUT2D eigenvalue weighted by atomic mass is 16.5. The molecule has 1 aliphatic carbocycles. The Hall–Kier alpha value is -2.95. The summed E-state index contributed by atoms with van der Waals surface area (Å²) in [5, 5.41) is 16.7. The van der Waals surface area contributed by atoms with E-state index in [-0.39, 0.29) is 23.6 Å². The van der Waals surface area contributed by atoms with E-state index in [9.17, 15) is 9.90 Å². The molecule has 0 radical (unpaired) electrons. The number of nitrogens with one attached hydrogen (secondary N) is 2. The normalized spacial score (nSPS) is 22.0. The summed E-state index contributed by atoms with van der Waals surface area (Å²) in [6.07, 6.45) is 6.01. The average Bonchev–Trinajstić information content (AvgIpc) is 3.17. The van der Waals surface area contributed by atoms with Crippen LogP contribution in [0.5, 0.6) is 11.5 Å². The van der Waals surface area contributed by atoms with E-state index in [0.29, 0.717) is 24.0 Å². The molecule has 5 nitrogen and oxygen atoms in total. The number of methoxy groups -OCH3 is 1. The Labute approximate surface area is 171 Å². The number of phenolic OH excluding ortho intramolecular Hbond substituents is 1. The number of carbonyl (C=O) groups excluding carboxylic acids is 1. The van der Waals surface area contributed by atoms with Gasteiger partial charge in [-0.1, -0.05) is 32.1 Å². The number of allylic oxidation sites excluding steroid dienone is 2. The summed E-state index contributed by atoms with van der Waals surface area (Å²) in [6.45, 7) is 4.09. The van der Waals surface area contributed by atoms with Gasteiger partial charge in [0.25, 0.3) is 0 Å². The van der Waals surface area contributed by atoms with Gasteiger partial charge in [-0.3, -0.25) is 4.79 Å². The minimum Gasteiger partial charge on any atom is -0.504 e. The maximum Gasteiger partial charge on any atom is 0.224 e. The first-order valence-corrected chi connectivity index (χ1v) is 10.2. The van der Waals surface area contributed by atoms with Crippen LogP contribution in [0, 0.1) is 11.8 Å². The highest BCUT2D eigenvalue weighted by Gasteiger charge is 2.38. The second-order valence-corrected chi connectivity index (χ2v) is 8.35. The van der Waals surface area contributed by atoms with Crippen molar-refractivity contribution in [3.8, 4) is 11.5 Å². The van der Waals surface area contributed by atoms with Crippen LogP contribution in [0.2, 0.25) is 0 Å². The number of rotatable bonds is 5. The third kappa shape index (κ3) is 3.82. The number of ether oxygens (including phenoxy) is 1. The molecule has 3 unspecified atom stereocenters. The first-order valence-electron chi connectivity index (χ1n) is 10.2. The van der Waals surface area contributed by atoms with Gasteiger partial charge >= 0.3 is 0 Å². The van der Waals surface area contributed by atoms with Crippen molar-refractivity contribution >= 4 is 17.3 Å². The maximum absolute atomic E-state index is 12.2. The van der Waals surface area contributed by atoms with Gasteiger partial charge in [0.05, 0.1) is 13.2 Å². The number of aromatic hydroxyl groups is 1. The molecule has 5 heteroatoms. The van der Waals surface area contributed by atoms with Crippen molar-refractivity contribution in [3.63, 3.8) is 0 Å². The van der Waals surface area contributed by atoms with Crippen LogP contribution in [-0.2, 0) is 4.79 Å². The van der Waals surface area contributed by atoms with Gasteiger partial charge in [-0.15, -0.1) is 0 Å². The van der Waals surface area contributed by atoms with E-state index in [2.05, 4.69) is 28.9 Å². The molecule has 2 aromatic rings. The van der Waals surface area contributed by atoms with Gasteiger partial charge < -0.3 is 20.5 Å². The van der Waals surface area contributed by atoms with Gasteiger partial charge in [-0.05, 0) is 59.7 Å². The van der Waals surface area contributed by atoms with Crippen molar-refractivity contribution < 1.29 is 14.6 Å². The summed E-state index contributed by atoms with van der Waals surface area (Å²) in [4.78, 5) is 12.2. The maximum atomic E-state index is 12.2. The van der Waals surface area contributed by atoms with Crippen LogP contribution in [0.25, 0.3) is 0 Å². The van der Waals surface area contributed by atoms with E-state index in [0.717, 1.165) is 23.4 Å². The van der Waals surface area contributed by atoms with E-state index < -0.39 is 0 Å². The molecule has 1 heterocycles. The summed E-state index contributed by atoms with van der Waals surface area (Å²) < 4.78 is 5.30. The number of carbonyl (C=O) groups is 1. The predicted molar refractivity (Wildman–Crippen MR) is 116 cm³/mol. The number of hydrogen-bond acceptors (Lipinski definition) is 4. The molecular weight excluding hydrogens is 364 g/mol. The predicted octanol–water partition coefficient (Wildman–Crippen LogP) is 5.21. The van der Waals surface area contributed by atoms with E-state index in [1.165, 1.54) is 5.56 Å². The lowest BCUT2D eigenvalue weighted by Gasteiger charge is -2.38. The standard InChI is InChI=1S/C24H28N2O3/c1-14(2)11-23(28)25-16-8-9-20-19(13-16)17-5-4-6-18(17)24(26-20)15-7-10-21(27)22(12-15)29-3/h4-5,7-10,12-14,17-18,24,26-27H,6,11H2,1-3H3,(H,25,28). The van der Waals surface area contributed by atoms with Crippen molar-refractivity contribution in [2.24, 2.45) is 11.8 Å². The second kappa shape index (κ2) is 7.82. The quantitative estimate of drug-likeness (QED) is 0.611. The fourth-order valence-corrected chi connectivity index (χ4v) is 4.47. The van der Waals surface area contributed by atoms with Crippen LogP contribution in [0.1, 0.15) is 49.8 Å². The van der Waals surface area contributed by atoms with Crippen LogP contribution >= 0.6 is 0 Å².